The minimum Gasteiger partial charge on any atom is -0.339 e. The molecule has 4 rings (SSSR count). The first-order chi connectivity index (χ1) is 10.7. The topological polar surface area (TPSA) is 61.8 Å². The van der Waals surface area contributed by atoms with Crippen molar-refractivity contribution in [3.63, 3.8) is 0 Å². The van der Waals surface area contributed by atoms with Gasteiger partial charge < -0.3 is 4.90 Å². The number of benzene rings is 1. The predicted molar refractivity (Wildman–Crippen MR) is 82.3 cm³/mol. The Labute approximate surface area is 129 Å². The van der Waals surface area contributed by atoms with Crippen LogP contribution in [0.1, 0.15) is 36.0 Å². The van der Waals surface area contributed by atoms with E-state index in [9.17, 15) is 9.59 Å². The minimum atomic E-state index is -0.450. The molecule has 5 heteroatoms. The van der Waals surface area contributed by atoms with Crippen molar-refractivity contribution in [2.75, 3.05) is 13.1 Å². The van der Waals surface area contributed by atoms with E-state index in [0.717, 1.165) is 18.6 Å². The van der Waals surface area contributed by atoms with Gasteiger partial charge in [-0.15, -0.1) is 0 Å². The second-order valence-electron chi connectivity index (χ2n) is 6.45. The van der Waals surface area contributed by atoms with E-state index < -0.39 is 5.41 Å². The van der Waals surface area contributed by atoms with Gasteiger partial charge in [-0.05, 0) is 37.8 Å². The van der Waals surface area contributed by atoms with Gasteiger partial charge in [-0.25, -0.2) is 5.43 Å². The summed E-state index contributed by atoms with van der Waals surface area (Å²) in [4.78, 5) is 26.7. The van der Waals surface area contributed by atoms with Crippen molar-refractivity contribution in [1.82, 2.24) is 10.3 Å². The number of nitrogens with zero attached hydrogens (tertiary/aromatic N) is 2. The van der Waals surface area contributed by atoms with E-state index in [2.05, 4.69) is 10.5 Å². The van der Waals surface area contributed by atoms with Crippen LogP contribution in [0.5, 0.6) is 0 Å². The number of rotatable bonds is 2. The smallest absolute Gasteiger partial charge is 0.253 e. The van der Waals surface area contributed by atoms with Crippen LogP contribution in [0.25, 0.3) is 0 Å². The maximum Gasteiger partial charge on any atom is 0.253 e. The molecule has 0 unspecified atom stereocenters. The van der Waals surface area contributed by atoms with E-state index in [4.69, 9.17) is 0 Å². The van der Waals surface area contributed by atoms with Crippen LogP contribution in [0.15, 0.2) is 35.4 Å². The Morgan fingerprint density at radius 1 is 1.18 bits per heavy atom. The number of hydrazone groups is 1. The van der Waals surface area contributed by atoms with Gasteiger partial charge in [0, 0.05) is 24.6 Å². The van der Waals surface area contributed by atoms with Crippen LogP contribution in [0.4, 0.5) is 0 Å². The monoisotopic (exact) mass is 297 g/mol. The average molecular weight is 297 g/mol. The molecular formula is C17H19N3O2. The van der Waals surface area contributed by atoms with Crippen LogP contribution in [-0.2, 0) is 4.79 Å². The highest BCUT2D eigenvalue weighted by molar-refractivity contribution is 6.14. The molecule has 0 aromatic heterocycles. The van der Waals surface area contributed by atoms with Gasteiger partial charge in [0.2, 0.25) is 0 Å². The van der Waals surface area contributed by atoms with Gasteiger partial charge in [-0.2, -0.15) is 5.10 Å². The molecule has 114 valence electrons. The van der Waals surface area contributed by atoms with Crippen molar-refractivity contribution in [3.8, 4) is 0 Å². The molecule has 3 aliphatic rings. The largest absolute Gasteiger partial charge is 0.339 e. The van der Waals surface area contributed by atoms with Crippen molar-refractivity contribution in [3.05, 3.63) is 35.9 Å². The van der Waals surface area contributed by atoms with Gasteiger partial charge in [0.05, 0.1) is 11.1 Å². The number of nitrogens with one attached hydrogen (secondary N) is 1. The van der Waals surface area contributed by atoms with Gasteiger partial charge in [-0.3, -0.25) is 9.59 Å². The molecule has 2 fully saturated rings. The Balaban J connectivity index is 1.49. The molecule has 0 bridgehead atoms. The van der Waals surface area contributed by atoms with Gasteiger partial charge in [0.1, 0.15) is 0 Å². The number of amides is 2. The minimum absolute atomic E-state index is 0.0289. The van der Waals surface area contributed by atoms with E-state index in [1.165, 1.54) is 0 Å². The van der Waals surface area contributed by atoms with Crippen LogP contribution in [0.2, 0.25) is 0 Å². The summed E-state index contributed by atoms with van der Waals surface area (Å²) in [5.41, 5.74) is 3.98. The lowest BCUT2D eigenvalue weighted by Crippen LogP contribution is -2.50. The predicted octanol–water partition coefficient (Wildman–Crippen LogP) is 1.80. The summed E-state index contributed by atoms with van der Waals surface area (Å²) in [5, 5.41) is 4.30. The molecule has 1 spiro atoms. The number of carbonyl (C=O) groups excluding carboxylic acids is 2. The maximum atomic E-state index is 12.5. The molecule has 22 heavy (non-hydrogen) atoms. The van der Waals surface area contributed by atoms with E-state index in [1.54, 1.807) is 0 Å². The molecule has 5 nitrogen and oxygen atoms in total. The summed E-state index contributed by atoms with van der Waals surface area (Å²) in [6.45, 7) is 1.24. The highest BCUT2D eigenvalue weighted by Crippen LogP contribution is 2.45. The van der Waals surface area contributed by atoms with E-state index in [-0.39, 0.29) is 11.8 Å². The lowest BCUT2D eigenvalue weighted by molar-refractivity contribution is -0.128. The number of hydrogen-bond acceptors (Lipinski definition) is 3. The van der Waals surface area contributed by atoms with Crippen molar-refractivity contribution in [2.24, 2.45) is 16.4 Å². The number of carbonyl (C=O) groups is 2. The molecule has 2 heterocycles. The zero-order valence-corrected chi connectivity index (χ0v) is 12.4. The number of hydrogen-bond donors (Lipinski definition) is 1. The third kappa shape index (κ3) is 2.03. The van der Waals surface area contributed by atoms with Crippen LogP contribution < -0.4 is 5.43 Å². The summed E-state index contributed by atoms with van der Waals surface area (Å²) in [7, 11) is 0. The Morgan fingerprint density at radius 2 is 1.86 bits per heavy atom. The lowest BCUT2D eigenvalue weighted by Gasteiger charge is -2.38. The van der Waals surface area contributed by atoms with E-state index in [0.29, 0.717) is 37.4 Å². The second-order valence-corrected chi connectivity index (χ2v) is 6.45. The highest BCUT2D eigenvalue weighted by Gasteiger charge is 2.53. The fourth-order valence-electron chi connectivity index (χ4n) is 3.62. The molecule has 1 saturated heterocycles. The molecule has 0 atom stereocenters. The molecule has 1 N–H and O–H groups in total. The van der Waals surface area contributed by atoms with Gasteiger partial charge >= 0.3 is 0 Å². The summed E-state index contributed by atoms with van der Waals surface area (Å²) >= 11 is 0. The summed E-state index contributed by atoms with van der Waals surface area (Å²) in [6, 6.07) is 9.34. The van der Waals surface area contributed by atoms with Crippen molar-refractivity contribution < 1.29 is 9.59 Å². The molecule has 1 aromatic carbocycles. The average Bonchev–Trinajstić information content (AvgIpc) is 3.36. The highest BCUT2D eigenvalue weighted by atomic mass is 16.2. The van der Waals surface area contributed by atoms with Gasteiger partial charge in [0.15, 0.2) is 0 Å². The first-order valence-electron chi connectivity index (χ1n) is 7.93. The van der Waals surface area contributed by atoms with Gasteiger partial charge in [-0.1, -0.05) is 18.2 Å². The van der Waals surface area contributed by atoms with Gasteiger partial charge in [0.25, 0.3) is 11.8 Å². The Bertz CT molecular complexity index is 641. The fraction of sp³-hybridized carbons (Fsp3) is 0.471. The van der Waals surface area contributed by atoms with E-state index in [1.807, 2.05) is 35.2 Å². The van der Waals surface area contributed by atoms with Crippen molar-refractivity contribution in [2.45, 2.75) is 25.7 Å². The summed E-state index contributed by atoms with van der Waals surface area (Å²) in [5.74, 6) is 0.565. The zero-order chi connectivity index (χ0) is 15.2. The normalized spacial score (nSPS) is 23.4. The molecule has 1 saturated carbocycles. The first-order valence-corrected chi connectivity index (χ1v) is 7.93. The first kappa shape index (κ1) is 13.5. The molecule has 1 aliphatic carbocycles. The molecule has 2 amide bonds. The van der Waals surface area contributed by atoms with Crippen LogP contribution in [-0.4, -0.2) is 35.5 Å². The van der Waals surface area contributed by atoms with Crippen LogP contribution in [0.3, 0.4) is 0 Å². The third-order valence-electron chi connectivity index (χ3n) is 5.09. The van der Waals surface area contributed by atoms with E-state index >= 15 is 0 Å². The standard InChI is InChI=1S/C17H19N3O2/c21-15(13-4-2-1-3-5-13)20-10-8-17(9-11-20)14(12-6-7-12)18-19-16(17)22/h1-5,12H,6-11H2,(H,19,22). The Hall–Kier alpha value is -2.17. The molecule has 1 aromatic rings. The summed E-state index contributed by atoms with van der Waals surface area (Å²) < 4.78 is 0. The number of piperidine rings is 1. The number of likely N-dealkylation sites (tertiary alicyclic amines) is 1. The molecule has 0 radical (unpaired) electrons. The Morgan fingerprint density at radius 3 is 2.50 bits per heavy atom. The maximum absolute atomic E-state index is 12.5. The van der Waals surface area contributed by atoms with Crippen molar-refractivity contribution >= 4 is 17.5 Å². The molecule has 2 aliphatic heterocycles. The third-order valence-corrected chi connectivity index (χ3v) is 5.09. The summed E-state index contributed by atoms with van der Waals surface area (Å²) in [6.07, 6.45) is 3.66. The Kier molecular flexibility index (Phi) is 3.03. The lowest BCUT2D eigenvalue weighted by atomic mass is 9.72. The SMILES string of the molecule is O=C(c1ccccc1)N1CCC2(CC1)C(=O)NN=C2C1CC1. The zero-order valence-electron chi connectivity index (χ0n) is 12.4. The molecular weight excluding hydrogens is 278 g/mol. The van der Waals surface area contributed by atoms with Crippen LogP contribution >= 0.6 is 0 Å². The van der Waals surface area contributed by atoms with Crippen molar-refractivity contribution in [1.29, 1.82) is 0 Å². The van der Waals surface area contributed by atoms with Crippen LogP contribution in [0, 0.1) is 11.3 Å². The fourth-order valence-corrected chi connectivity index (χ4v) is 3.62. The second kappa shape index (κ2) is 4.93. The quantitative estimate of drug-likeness (QED) is 0.905.